The molecule has 4 nitrogen and oxygen atoms in total. The lowest BCUT2D eigenvalue weighted by Crippen LogP contribution is -2.24. The molecular formula is C10H13N3OS. The third-order valence-corrected chi connectivity index (χ3v) is 2.00. The van der Waals surface area contributed by atoms with Gasteiger partial charge in [0.15, 0.2) is 5.11 Å². The summed E-state index contributed by atoms with van der Waals surface area (Å²) in [5, 5.41) is 13.6. The molecule has 0 radical (unpaired) electrons. The van der Waals surface area contributed by atoms with Crippen molar-refractivity contribution in [3.05, 3.63) is 29.3 Å². The first-order chi connectivity index (χ1) is 7.15. The number of hydrogen-bond donors (Lipinski definition) is 3. The first-order valence-electron chi connectivity index (χ1n) is 4.54. The van der Waals surface area contributed by atoms with Gasteiger partial charge in [0.25, 0.3) is 0 Å². The number of hydrogen-bond acceptors (Lipinski definition) is 3. The molecule has 0 atom stereocenters. The van der Waals surface area contributed by atoms with E-state index in [1.807, 2.05) is 19.1 Å². The third-order valence-electron chi connectivity index (χ3n) is 1.91. The predicted octanol–water partition coefficient (Wildman–Crippen LogP) is 1.12. The molecule has 5 heteroatoms. The fourth-order valence-electron chi connectivity index (χ4n) is 1.17. The number of nitrogens with zero attached hydrogens (tertiary/aromatic N) is 1. The van der Waals surface area contributed by atoms with Crippen molar-refractivity contribution >= 4 is 23.5 Å². The zero-order valence-corrected chi connectivity index (χ0v) is 9.21. The number of thiocarbonyl (C=S) groups is 1. The van der Waals surface area contributed by atoms with Gasteiger partial charge in [-0.05, 0) is 30.3 Å². The number of phenolic OH excluding ortho intramolecular Hbond substituents is 1. The van der Waals surface area contributed by atoms with Crippen molar-refractivity contribution < 1.29 is 5.11 Å². The highest BCUT2D eigenvalue weighted by atomic mass is 32.1. The van der Waals surface area contributed by atoms with Gasteiger partial charge in [0, 0.05) is 5.56 Å². The first kappa shape index (κ1) is 11.5. The summed E-state index contributed by atoms with van der Waals surface area (Å²) in [5.74, 6) is 0.244. The van der Waals surface area contributed by atoms with Gasteiger partial charge in [-0.3, -0.25) is 5.43 Å². The number of aryl methyl sites for hydroxylation is 1. The minimum Gasteiger partial charge on any atom is -0.507 e. The summed E-state index contributed by atoms with van der Waals surface area (Å²) in [6, 6.07) is 5.49. The predicted molar refractivity (Wildman–Crippen MR) is 65.0 cm³/mol. The third kappa shape index (κ3) is 3.21. The Morgan fingerprint density at radius 2 is 2.40 bits per heavy atom. The topological polar surface area (TPSA) is 70.6 Å². The Labute approximate surface area is 93.8 Å². The van der Waals surface area contributed by atoms with E-state index < -0.39 is 0 Å². The molecule has 0 fully saturated rings. The van der Waals surface area contributed by atoms with Crippen LogP contribution in [0, 0.1) is 0 Å². The van der Waals surface area contributed by atoms with Crippen molar-refractivity contribution in [1.82, 2.24) is 5.43 Å². The maximum atomic E-state index is 9.77. The Morgan fingerprint density at radius 3 is 3.00 bits per heavy atom. The van der Waals surface area contributed by atoms with Gasteiger partial charge < -0.3 is 10.8 Å². The Balaban J connectivity index is 2.85. The number of aromatic hydroxyl groups is 1. The van der Waals surface area contributed by atoms with E-state index in [1.54, 1.807) is 6.07 Å². The van der Waals surface area contributed by atoms with Gasteiger partial charge in [0.2, 0.25) is 0 Å². The van der Waals surface area contributed by atoms with Crippen LogP contribution in [0.3, 0.4) is 0 Å². The van der Waals surface area contributed by atoms with Crippen LogP contribution in [0.25, 0.3) is 0 Å². The van der Waals surface area contributed by atoms with Crippen molar-refractivity contribution in [3.8, 4) is 5.75 Å². The quantitative estimate of drug-likeness (QED) is 0.408. The molecule has 0 spiro atoms. The highest BCUT2D eigenvalue weighted by Crippen LogP contribution is 2.20. The highest BCUT2D eigenvalue weighted by molar-refractivity contribution is 7.80. The van der Waals surface area contributed by atoms with Crippen molar-refractivity contribution in [2.75, 3.05) is 0 Å². The minimum atomic E-state index is 0.0948. The van der Waals surface area contributed by atoms with Crippen LogP contribution >= 0.6 is 12.2 Å². The lowest BCUT2D eigenvalue weighted by Gasteiger charge is -2.03. The van der Waals surface area contributed by atoms with Gasteiger partial charge in [-0.25, -0.2) is 0 Å². The Morgan fingerprint density at radius 1 is 1.67 bits per heavy atom. The lowest BCUT2D eigenvalue weighted by atomic mass is 10.1. The van der Waals surface area contributed by atoms with E-state index in [0.717, 1.165) is 12.0 Å². The minimum absolute atomic E-state index is 0.0948. The molecule has 0 saturated carbocycles. The van der Waals surface area contributed by atoms with Gasteiger partial charge in [0.05, 0.1) is 6.21 Å². The average Bonchev–Trinajstić information content (AvgIpc) is 2.20. The smallest absolute Gasteiger partial charge is 0.184 e. The molecule has 0 aliphatic heterocycles. The van der Waals surface area contributed by atoms with E-state index >= 15 is 0 Å². The van der Waals surface area contributed by atoms with Crippen LogP contribution in [-0.4, -0.2) is 16.4 Å². The molecule has 1 aromatic carbocycles. The summed E-state index contributed by atoms with van der Waals surface area (Å²) in [5.41, 5.74) is 9.14. The molecule has 0 aliphatic carbocycles. The van der Waals surface area contributed by atoms with E-state index in [1.165, 1.54) is 6.21 Å². The van der Waals surface area contributed by atoms with E-state index in [2.05, 4.69) is 22.7 Å². The summed E-state index contributed by atoms with van der Waals surface area (Å²) in [4.78, 5) is 0. The van der Waals surface area contributed by atoms with Crippen LogP contribution in [0.4, 0.5) is 0 Å². The maximum Gasteiger partial charge on any atom is 0.184 e. The second-order valence-corrected chi connectivity index (χ2v) is 3.38. The van der Waals surface area contributed by atoms with Crippen molar-refractivity contribution in [3.63, 3.8) is 0 Å². The van der Waals surface area contributed by atoms with E-state index in [9.17, 15) is 5.11 Å². The molecule has 1 aromatic rings. The molecule has 0 heterocycles. The standard InChI is InChI=1S/C10H13N3OS/c1-2-7-4-3-5-8(9(7)14)6-12-13-10(11)15/h3-6,14H,2H2,1H3,(H3,11,13,15)/b12-6+. The van der Waals surface area contributed by atoms with Crippen LogP contribution in [0.2, 0.25) is 0 Å². The fourth-order valence-corrected chi connectivity index (χ4v) is 1.22. The largest absolute Gasteiger partial charge is 0.507 e. The monoisotopic (exact) mass is 223 g/mol. The Hall–Kier alpha value is -1.62. The average molecular weight is 223 g/mol. The normalized spacial score (nSPS) is 10.5. The Bertz CT molecular complexity index is 390. The molecule has 0 bridgehead atoms. The van der Waals surface area contributed by atoms with Crippen molar-refractivity contribution in [1.29, 1.82) is 0 Å². The molecule has 1 rings (SSSR count). The highest BCUT2D eigenvalue weighted by Gasteiger charge is 2.02. The van der Waals surface area contributed by atoms with E-state index in [0.29, 0.717) is 5.56 Å². The molecule has 15 heavy (non-hydrogen) atoms. The number of para-hydroxylation sites is 1. The summed E-state index contributed by atoms with van der Waals surface area (Å²) >= 11 is 4.58. The molecule has 0 saturated heterocycles. The summed E-state index contributed by atoms with van der Waals surface area (Å²) < 4.78 is 0. The zero-order chi connectivity index (χ0) is 11.3. The molecule has 80 valence electrons. The molecule has 0 amide bonds. The van der Waals surface area contributed by atoms with Crippen LogP contribution in [0.1, 0.15) is 18.1 Å². The Kier molecular flexibility index (Phi) is 4.05. The number of nitrogens with two attached hydrogens (primary N) is 1. The van der Waals surface area contributed by atoms with Gasteiger partial charge >= 0.3 is 0 Å². The van der Waals surface area contributed by atoms with Gasteiger partial charge in [-0.1, -0.05) is 19.1 Å². The molecule has 0 aliphatic rings. The summed E-state index contributed by atoms with van der Waals surface area (Å²) in [6.07, 6.45) is 2.25. The number of rotatable bonds is 3. The first-order valence-corrected chi connectivity index (χ1v) is 4.95. The number of phenols is 1. The van der Waals surface area contributed by atoms with Crippen molar-refractivity contribution in [2.45, 2.75) is 13.3 Å². The molecular weight excluding hydrogens is 210 g/mol. The number of benzene rings is 1. The molecule has 0 aromatic heterocycles. The van der Waals surface area contributed by atoms with E-state index in [-0.39, 0.29) is 10.9 Å². The SMILES string of the molecule is CCc1cccc(/C=N/NC(N)=S)c1O. The summed E-state index contributed by atoms with van der Waals surface area (Å²) in [7, 11) is 0. The maximum absolute atomic E-state index is 9.77. The van der Waals surface area contributed by atoms with Crippen LogP contribution < -0.4 is 11.2 Å². The van der Waals surface area contributed by atoms with E-state index in [4.69, 9.17) is 5.73 Å². The molecule has 4 N–H and O–H groups in total. The van der Waals surface area contributed by atoms with Gasteiger partial charge in [-0.2, -0.15) is 5.10 Å². The molecule has 0 unspecified atom stereocenters. The fraction of sp³-hybridized carbons (Fsp3) is 0.200. The van der Waals surface area contributed by atoms with Gasteiger partial charge in [0.1, 0.15) is 5.75 Å². The van der Waals surface area contributed by atoms with Crippen LogP contribution in [-0.2, 0) is 6.42 Å². The number of nitrogens with one attached hydrogen (secondary N) is 1. The second-order valence-electron chi connectivity index (χ2n) is 2.94. The van der Waals surface area contributed by atoms with Crippen molar-refractivity contribution in [2.24, 2.45) is 10.8 Å². The number of hydrazone groups is 1. The summed E-state index contributed by atoms with van der Waals surface area (Å²) in [6.45, 7) is 1.98. The lowest BCUT2D eigenvalue weighted by molar-refractivity contribution is 0.468. The van der Waals surface area contributed by atoms with Crippen LogP contribution in [0.5, 0.6) is 5.75 Å². The second kappa shape index (κ2) is 5.31. The van der Waals surface area contributed by atoms with Gasteiger partial charge in [-0.15, -0.1) is 0 Å². The zero-order valence-electron chi connectivity index (χ0n) is 8.40. The van der Waals surface area contributed by atoms with Crippen LogP contribution in [0.15, 0.2) is 23.3 Å².